The van der Waals surface area contributed by atoms with Gasteiger partial charge in [-0.1, -0.05) is 6.92 Å². The van der Waals surface area contributed by atoms with Gasteiger partial charge in [-0.25, -0.2) is 0 Å². The standard InChI is InChI=1S/C10H21NO4/c1-6(5-12)7(8(11)13)9(14)15-10(2,3)4/h6-8,12-13H,5,11H2,1-4H3/t6-,7-,8?/m0/s1. The predicted molar refractivity (Wildman–Crippen MR) is 55.8 cm³/mol. The number of carbonyl (C=O) groups is 1. The molecule has 90 valence electrons. The van der Waals surface area contributed by atoms with Crippen molar-refractivity contribution in [2.75, 3.05) is 6.61 Å². The van der Waals surface area contributed by atoms with Crippen LogP contribution in [-0.4, -0.2) is 34.6 Å². The van der Waals surface area contributed by atoms with Gasteiger partial charge in [0.2, 0.25) is 0 Å². The van der Waals surface area contributed by atoms with Gasteiger partial charge in [0.1, 0.15) is 17.7 Å². The van der Waals surface area contributed by atoms with E-state index in [2.05, 4.69) is 0 Å². The maximum atomic E-state index is 11.6. The van der Waals surface area contributed by atoms with Gasteiger partial charge in [0.15, 0.2) is 0 Å². The lowest BCUT2D eigenvalue weighted by molar-refractivity contribution is -0.167. The topological polar surface area (TPSA) is 92.8 Å². The van der Waals surface area contributed by atoms with E-state index in [0.717, 1.165) is 0 Å². The lowest BCUT2D eigenvalue weighted by Gasteiger charge is -2.27. The smallest absolute Gasteiger partial charge is 0.313 e. The highest BCUT2D eigenvalue weighted by Crippen LogP contribution is 2.19. The molecule has 0 aliphatic carbocycles. The average molecular weight is 219 g/mol. The molecule has 0 heterocycles. The van der Waals surface area contributed by atoms with E-state index in [-0.39, 0.29) is 6.61 Å². The van der Waals surface area contributed by atoms with Crippen LogP contribution in [0.5, 0.6) is 0 Å². The quantitative estimate of drug-likeness (QED) is 0.451. The molecule has 15 heavy (non-hydrogen) atoms. The van der Waals surface area contributed by atoms with Crippen LogP contribution in [0.15, 0.2) is 0 Å². The Kier molecular flexibility index (Phi) is 5.20. The van der Waals surface area contributed by atoms with E-state index in [1.807, 2.05) is 0 Å². The summed E-state index contributed by atoms with van der Waals surface area (Å²) in [6, 6.07) is 0. The third kappa shape index (κ3) is 5.11. The highest BCUT2D eigenvalue weighted by molar-refractivity contribution is 5.73. The Morgan fingerprint density at radius 3 is 2.20 bits per heavy atom. The van der Waals surface area contributed by atoms with E-state index in [9.17, 15) is 9.90 Å². The van der Waals surface area contributed by atoms with Gasteiger partial charge in [-0.05, 0) is 26.7 Å². The molecule has 5 heteroatoms. The number of aliphatic hydroxyl groups is 2. The molecule has 0 rings (SSSR count). The van der Waals surface area contributed by atoms with Crippen molar-refractivity contribution in [1.29, 1.82) is 0 Å². The van der Waals surface area contributed by atoms with Crippen molar-refractivity contribution in [3.05, 3.63) is 0 Å². The molecule has 0 aliphatic heterocycles. The van der Waals surface area contributed by atoms with Gasteiger partial charge < -0.3 is 20.7 Å². The lowest BCUT2D eigenvalue weighted by atomic mass is 9.93. The summed E-state index contributed by atoms with van der Waals surface area (Å²) in [5, 5.41) is 18.2. The number of hydrogen-bond donors (Lipinski definition) is 3. The molecule has 3 atom stereocenters. The van der Waals surface area contributed by atoms with Crippen molar-refractivity contribution in [3.63, 3.8) is 0 Å². The third-order valence-electron chi connectivity index (χ3n) is 1.95. The molecule has 0 aromatic carbocycles. The lowest BCUT2D eigenvalue weighted by Crippen LogP contribution is -2.43. The first-order valence-electron chi connectivity index (χ1n) is 4.96. The molecule has 0 aromatic rings. The van der Waals surface area contributed by atoms with Gasteiger partial charge in [0.05, 0.1) is 0 Å². The number of hydrogen-bond acceptors (Lipinski definition) is 5. The minimum Gasteiger partial charge on any atom is -0.460 e. The molecule has 4 N–H and O–H groups in total. The second-order valence-electron chi connectivity index (χ2n) is 4.71. The summed E-state index contributed by atoms with van der Waals surface area (Å²) in [4.78, 5) is 11.6. The van der Waals surface area contributed by atoms with Crippen LogP contribution in [0, 0.1) is 11.8 Å². The fraction of sp³-hybridized carbons (Fsp3) is 0.900. The molecule has 1 unspecified atom stereocenters. The summed E-state index contributed by atoms with van der Waals surface area (Å²) in [6.45, 7) is 6.60. The van der Waals surface area contributed by atoms with Crippen LogP contribution in [0.3, 0.4) is 0 Å². The number of aliphatic hydroxyl groups excluding tert-OH is 2. The van der Waals surface area contributed by atoms with Gasteiger partial charge >= 0.3 is 5.97 Å². The van der Waals surface area contributed by atoms with E-state index in [1.165, 1.54) is 0 Å². The summed E-state index contributed by atoms with van der Waals surface area (Å²) >= 11 is 0. The van der Waals surface area contributed by atoms with E-state index in [0.29, 0.717) is 0 Å². The Balaban J connectivity index is 4.57. The number of esters is 1. The molecule has 0 spiro atoms. The van der Waals surface area contributed by atoms with Gasteiger partial charge in [0, 0.05) is 6.61 Å². The van der Waals surface area contributed by atoms with Crippen molar-refractivity contribution < 1.29 is 19.7 Å². The summed E-state index contributed by atoms with van der Waals surface area (Å²) in [5.41, 5.74) is 4.65. The van der Waals surface area contributed by atoms with Crippen molar-refractivity contribution in [2.45, 2.75) is 39.5 Å². The predicted octanol–water partition coefficient (Wildman–Crippen LogP) is -0.150. The van der Waals surface area contributed by atoms with Crippen LogP contribution in [-0.2, 0) is 9.53 Å². The minimum atomic E-state index is -1.32. The number of nitrogens with two attached hydrogens (primary N) is 1. The molecule has 0 aromatic heterocycles. The summed E-state index contributed by atoms with van der Waals surface area (Å²) < 4.78 is 5.09. The molecule has 0 fully saturated rings. The fourth-order valence-corrected chi connectivity index (χ4v) is 1.19. The normalized spacial score (nSPS) is 18.1. The van der Waals surface area contributed by atoms with Crippen LogP contribution in [0.2, 0.25) is 0 Å². The Morgan fingerprint density at radius 2 is 1.93 bits per heavy atom. The Morgan fingerprint density at radius 1 is 1.47 bits per heavy atom. The van der Waals surface area contributed by atoms with Crippen molar-refractivity contribution >= 4 is 5.97 Å². The van der Waals surface area contributed by atoms with E-state index >= 15 is 0 Å². The highest BCUT2D eigenvalue weighted by atomic mass is 16.6. The maximum Gasteiger partial charge on any atom is 0.313 e. The molecule has 0 aliphatic rings. The Hall–Kier alpha value is -0.650. The molecular weight excluding hydrogens is 198 g/mol. The largest absolute Gasteiger partial charge is 0.460 e. The summed E-state index contributed by atoms with van der Waals surface area (Å²) in [6.07, 6.45) is -1.32. The minimum absolute atomic E-state index is 0.224. The van der Waals surface area contributed by atoms with Crippen molar-refractivity contribution in [1.82, 2.24) is 0 Å². The van der Waals surface area contributed by atoms with Crippen LogP contribution >= 0.6 is 0 Å². The zero-order valence-corrected chi connectivity index (χ0v) is 9.73. The second-order valence-corrected chi connectivity index (χ2v) is 4.71. The van der Waals surface area contributed by atoms with E-state index in [4.69, 9.17) is 15.6 Å². The molecule has 0 bridgehead atoms. The van der Waals surface area contributed by atoms with Crippen molar-refractivity contribution in [3.8, 4) is 0 Å². The third-order valence-corrected chi connectivity index (χ3v) is 1.95. The van der Waals surface area contributed by atoms with Crippen LogP contribution in [0.25, 0.3) is 0 Å². The van der Waals surface area contributed by atoms with Gasteiger partial charge in [0.25, 0.3) is 0 Å². The second kappa shape index (κ2) is 5.44. The molecule has 0 saturated carbocycles. The summed E-state index contributed by atoms with van der Waals surface area (Å²) in [7, 11) is 0. The fourth-order valence-electron chi connectivity index (χ4n) is 1.19. The zero-order valence-electron chi connectivity index (χ0n) is 9.73. The van der Waals surface area contributed by atoms with Gasteiger partial charge in [-0.15, -0.1) is 0 Å². The van der Waals surface area contributed by atoms with E-state index < -0.39 is 29.6 Å². The number of rotatable bonds is 4. The zero-order chi connectivity index (χ0) is 12.2. The number of carbonyl (C=O) groups excluding carboxylic acids is 1. The molecule has 0 saturated heterocycles. The average Bonchev–Trinajstić information content (AvgIpc) is 1.99. The Labute approximate surface area is 90.2 Å². The molecular formula is C10H21NO4. The van der Waals surface area contributed by atoms with Crippen LogP contribution in [0.4, 0.5) is 0 Å². The van der Waals surface area contributed by atoms with Gasteiger partial charge in [-0.2, -0.15) is 0 Å². The van der Waals surface area contributed by atoms with Crippen molar-refractivity contribution in [2.24, 2.45) is 17.6 Å². The summed E-state index contributed by atoms with van der Waals surface area (Å²) in [5.74, 6) is -1.91. The maximum absolute atomic E-state index is 11.6. The number of ether oxygens (including phenoxy) is 1. The van der Waals surface area contributed by atoms with E-state index in [1.54, 1.807) is 27.7 Å². The Bertz CT molecular complexity index is 210. The molecule has 0 radical (unpaired) electrons. The monoisotopic (exact) mass is 219 g/mol. The first-order valence-corrected chi connectivity index (χ1v) is 4.96. The van der Waals surface area contributed by atoms with Crippen LogP contribution in [0.1, 0.15) is 27.7 Å². The first kappa shape index (κ1) is 14.3. The highest BCUT2D eigenvalue weighted by Gasteiger charge is 2.33. The SMILES string of the molecule is C[C@@H](CO)[C@H](C(=O)OC(C)(C)C)C(N)O. The van der Waals surface area contributed by atoms with Gasteiger partial charge in [-0.3, -0.25) is 4.79 Å². The first-order chi connectivity index (χ1) is 6.69. The van der Waals surface area contributed by atoms with Crippen LogP contribution < -0.4 is 5.73 Å². The molecule has 0 amide bonds. The molecule has 5 nitrogen and oxygen atoms in total.